The Hall–Kier alpha value is -4.00. The van der Waals surface area contributed by atoms with Crippen molar-refractivity contribution in [2.75, 3.05) is 19.4 Å². The molecular formula is C23H21N5O2. The van der Waals surface area contributed by atoms with Crippen LogP contribution in [0, 0.1) is 0 Å². The lowest BCUT2D eigenvalue weighted by Crippen LogP contribution is -2.23. The van der Waals surface area contributed by atoms with Gasteiger partial charge in [0, 0.05) is 31.5 Å². The van der Waals surface area contributed by atoms with Gasteiger partial charge in [0.05, 0.1) is 18.3 Å². The maximum absolute atomic E-state index is 12.8. The van der Waals surface area contributed by atoms with Crippen LogP contribution in [0.2, 0.25) is 0 Å². The molecular weight excluding hydrogens is 378 g/mol. The normalized spacial score (nSPS) is 10.7. The summed E-state index contributed by atoms with van der Waals surface area (Å²) >= 11 is 0. The van der Waals surface area contributed by atoms with Gasteiger partial charge in [-0.3, -0.25) is 9.59 Å². The lowest BCUT2D eigenvalue weighted by atomic mass is 10.1. The van der Waals surface area contributed by atoms with Gasteiger partial charge >= 0.3 is 0 Å². The molecule has 30 heavy (non-hydrogen) atoms. The highest BCUT2D eigenvalue weighted by atomic mass is 16.2. The minimum absolute atomic E-state index is 0.0263. The van der Waals surface area contributed by atoms with Crippen LogP contribution in [-0.2, 0) is 11.2 Å². The molecule has 2 aromatic heterocycles. The summed E-state index contributed by atoms with van der Waals surface area (Å²) in [4.78, 5) is 30.6. The molecule has 0 atom stereocenters. The average molecular weight is 399 g/mol. The standard InChI is InChI=1S/C23H21N5O2/c1-27(2)21(29)14-16-8-10-18(11-9-16)26-23(30)19-15-25-28-20(12-13-24-22(19)28)17-6-4-3-5-7-17/h3-13,15H,14H2,1-2H3,(H,26,30). The first-order chi connectivity index (χ1) is 14.5. The second kappa shape index (κ2) is 8.16. The van der Waals surface area contributed by atoms with Crippen LogP contribution >= 0.6 is 0 Å². The smallest absolute Gasteiger partial charge is 0.261 e. The van der Waals surface area contributed by atoms with Crippen LogP contribution in [0.4, 0.5) is 5.69 Å². The predicted molar refractivity (Wildman–Crippen MR) is 115 cm³/mol. The van der Waals surface area contributed by atoms with Crippen molar-refractivity contribution < 1.29 is 9.59 Å². The molecule has 0 aliphatic rings. The van der Waals surface area contributed by atoms with E-state index in [0.29, 0.717) is 23.3 Å². The third kappa shape index (κ3) is 3.91. The molecule has 0 bridgehead atoms. The lowest BCUT2D eigenvalue weighted by Gasteiger charge is -2.10. The molecule has 2 heterocycles. The second-order valence-corrected chi connectivity index (χ2v) is 7.11. The Morgan fingerprint density at radius 2 is 1.73 bits per heavy atom. The molecule has 2 aromatic carbocycles. The van der Waals surface area contributed by atoms with Gasteiger partial charge in [0.25, 0.3) is 5.91 Å². The highest BCUT2D eigenvalue weighted by molar-refractivity contribution is 6.08. The number of benzene rings is 2. The fourth-order valence-electron chi connectivity index (χ4n) is 3.12. The van der Waals surface area contributed by atoms with Gasteiger partial charge in [-0.1, -0.05) is 42.5 Å². The first-order valence-electron chi connectivity index (χ1n) is 9.51. The van der Waals surface area contributed by atoms with Gasteiger partial charge in [0.15, 0.2) is 5.65 Å². The number of likely N-dealkylation sites (N-methyl/N-ethyl adjacent to an activating group) is 1. The minimum atomic E-state index is -0.292. The molecule has 0 spiro atoms. The molecule has 7 heteroatoms. The van der Waals surface area contributed by atoms with E-state index in [1.807, 2.05) is 48.5 Å². The van der Waals surface area contributed by atoms with Crippen LogP contribution in [0.5, 0.6) is 0 Å². The summed E-state index contributed by atoms with van der Waals surface area (Å²) in [5.74, 6) is -0.265. The van der Waals surface area contributed by atoms with Crippen molar-refractivity contribution in [1.82, 2.24) is 19.5 Å². The number of carbonyl (C=O) groups excluding carboxylic acids is 2. The summed E-state index contributed by atoms with van der Waals surface area (Å²) < 4.78 is 1.67. The van der Waals surface area contributed by atoms with Gasteiger partial charge in [0.2, 0.25) is 5.91 Å². The van der Waals surface area contributed by atoms with Crippen LogP contribution in [0.3, 0.4) is 0 Å². The number of fused-ring (bicyclic) bond motifs is 1. The van der Waals surface area contributed by atoms with Crippen molar-refractivity contribution in [3.05, 3.63) is 84.2 Å². The molecule has 150 valence electrons. The first kappa shape index (κ1) is 19.3. The number of nitrogens with zero attached hydrogens (tertiary/aromatic N) is 4. The Labute approximate surface area is 174 Å². The summed E-state index contributed by atoms with van der Waals surface area (Å²) in [6.45, 7) is 0. The Kier molecular flexibility index (Phi) is 5.26. The average Bonchev–Trinajstić information content (AvgIpc) is 3.20. The van der Waals surface area contributed by atoms with E-state index in [0.717, 1.165) is 16.8 Å². The molecule has 0 saturated heterocycles. The number of amides is 2. The monoisotopic (exact) mass is 399 g/mol. The Morgan fingerprint density at radius 1 is 1.00 bits per heavy atom. The van der Waals surface area contributed by atoms with Gasteiger partial charge in [-0.2, -0.15) is 5.10 Å². The number of rotatable bonds is 5. The minimum Gasteiger partial charge on any atom is -0.349 e. The Balaban J connectivity index is 1.55. The van der Waals surface area contributed by atoms with E-state index in [1.165, 1.54) is 6.20 Å². The van der Waals surface area contributed by atoms with Crippen LogP contribution in [0.15, 0.2) is 73.1 Å². The van der Waals surface area contributed by atoms with Crippen molar-refractivity contribution in [2.24, 2.45) is 0 Å². The zero-order valence-corrected chi connectivity index (χ0v) is 16.7. The van der Waals surface area contributed by atoms with Crippen LogP contribution in [0.1, 0.15) is 15.9 Å². The molecule has 0 unspecified atom stereocenters. The van der Waals surface area contributed by atoms with Crippen molar-refractivity contribution in [3.8, 4) is 11.3 Å². The van der Waals surface area contributed by atoms with E-state index >= 15 is 0 Å². The molecule has 0 aliphatic heterocycles. The van der Waals surface area contributed by atoms with Crippen LogP contribution in [0.25, 0.3) is 16.9 Å². The lowest BCUT2D eigenvalue weighted by molar-refractivity contribution is -0.127. The molecule has 2 amide bonds. The topological polar surface area (TPSA) is 79.6 Å². The zero-order valence-electron chi connectivity index (χ0n) is 16.7. The van der Waals surface area contributed by atoms with Gasteiger partial charge in [-0.05, 0) is 23.8 Å². The molecule has 0 saturated carbocycles. The van der Waals surface area contributed by atoms with Crippen molar-refractivity contribution in [1.29, 1.82) is 0 Å². The molecule has 0 aliphatic carbocycles. The van der Waals surface area contributed by atoms with E-state index < -0.39 is 0 Å². The zero-order chi connectivity index (χ0) is 21.1. The quantitative estimate of drug-likeness (QED) is 0.559. The number of nitrogens with one attached hydrogen (secondary N) is 1. The third-order valence-electron chi connectivity index (χ3n) is 4.78. The fourth-order valence-corrected chi connectivity index (χ4v) is 3.12. The second-order valence-electron chi connectivity index (χ2n) is 7.11. The summed E-state index contributed by atoms with van der Waals surface area (Å²) in [5.41, 5.74) is 4.25. The molecule has 1 N–H and O–H groups in total. The van der Waals surface area contributed by atoms with E-state index in [2.05, 4.69) is 15.4 Å². The van der Waals surface area contributed by atoms with Gasteiger partial charge in [0.1, 0.15) is 5.56 Å². The Morgan fingerprint density at radius 3 is 2.43 bits per heavy atom. The van der Waals surface area contributed by atoms with Crippen LogP contribution in [-0.4, -0.2) is 45.4 Å². The SMILES string of the molecule is CN(C)C(=O)Cc1ccc(NC(=O)c2cnn3c(-c4ccccc4)ccnc23)cc1. The summed E-state index contributed by atoms with van der Waals surface area (Å²) in [5, 5.41) is 7.24. The largest absolute Gasteiger partial charge is 0.349 e. The number of hydrogen-bond acceptors (Lipinski definition) is 4. The third-order valence-corrected chi connectivity index (χ3v) is 4.78. The van der Waals surface area contributed by atoms with E-state index in [4.69, 9.17) is 0 Å². The summed E-state index contributed by atoms with van der Waals surface area (Å²) in [6, 6.07) is 18.9. The highest BCUT2D eigenvalue weighted by Gasteiger charge is 2.16. The van der Waals surface area contributed by atoms with Gasteiger partial charge in [-0.15, -0.1) is 0 Å². The fraction of sp³-hybridized carbons (Fsp3) is 0.130. The maximum atomic E-state index is 12.8. The van der Waals surface area contributed by atoms with Crippen molar-refractivity contribution in [2.45, 2.75) is 6.42 Å². The van der Waals surface area contributed by atoms with Gasteiger partial charge in [-0.25, -0.2) is 9.50 Å². The van der Waals surface area contributed by atoms with Crippen molar-refractivity contribution in [3.63, 3.8) is 0 Å². The number of carbonyl (C=O) groups is 2. The highest BCUT2D eigenvalue weighted by Crippen LogP contribution is 2.21. The number of anilines is 1. The summed E-state index contributed by atoms with van der Waals surface area (Å²) in [6.07, 6.45) is 3.52. The predicted octanol–water partition coefficient (Wildman–Crippen LogP) is 3.28. The Bertz CT molecular complexity index is 1200. The van der Waals surface area contributed by atoms with E-state index in [-0.39, 0.29) is 11.8 Å². The molecule has 4 rings (SSSR count). The van der Waals surface area contributed by atoms with Crippen LogP contribution < -0.4 is 5.32 Å². The molecule has 0 fully saturated rings. The summed E-state index contributed by atoms with van der Waals surface area (Å²) in [7, 11) is 3.45. The molecule has 7 nitrogen and oxygen atoms in total. The molecule has 4 aromatic rings. The number of hydrogen-bond donors (Lipinski definition) is 1. The first-order valence-corrected chi connectivity index (χ1v) is 9.51. The van der Waals surface area contributed by atoms with Gasteiger partial charge < -0.3 is 10.2 Å². The van der Waals surface area contributed by atoms with E-state index in [9.17, 15) is 9.59 Å². The maximum Gasteiger partial charge on any atom is 0.261 e. The van der Waals surface area contributed by atoms with E-state index in [1.54, 1.807) is 41.8 Å². The number of aromatic nitrogens is 3. The van der Waals surface area contributed by atoms with Crippen molar-refractivity contribution >= 4 is 23.1 Å². The molecule has 0 radical (unpaired) electrons.